The number of hydrogen-bond acceptors (Lipinski definition) is 2. The third kappa shape index (κ3) is 3.50. The molecule has 3 nitrogen and oxygen atoms in total. The smallest absolute Gasteiger partial charge is 0.207 e. The van der Waals surface area contributed by atoms with Crippen LogP contribution < -0.4 is 0 Å². The lowest BCUT2D eigenvalue weighted by Crippen LogP contribution is -2.38. The van der Waals surface area contributed by atoms with E-state index in [9.17, 15) is 8.42 Å². The number of alkyl halides is 1. The molecule has 0 unspecified atom stereocenters. The molecule has 0 N–H and O–H groups in total. The molecule has 1 fully saturated rings. The summed E-state index contributed by atoms with van der Waals surface area (Å²) in [4.78, 5) is 0.0808. The fourth-order valence-corrected chi connectivity index (χ4v) is 5.41. The van der Waals surface area contributed by atoms with Crippen LogP contribution in [0, 0.1) is 0 Å². The maximum atomic E-state index is 12.8. The van der Waals surface area contributed by atoms with Gasteiger partial charge in [0.25, 0.3) is 0 Å². The molecular weight excluding hydrogens is 353 g/mol. The van der Waals surface area contributed by atoms with Gasteiger partial charge in [0.2, 0.25) is 10.0 Å². The van der Waals surface area contributed by atoms with E-state index in [1.165, 1.54) is 22.9 Å². The first-order valence-corrected chi connectivity index (χ1v) is 9.63. The van der Waals surface area contributed by atoms with Crippen molar-refractivity contribution >= 4 is 44.8 Å². The molecule has 2 rings (SSSR count). The summed E-state index contributed by atoms with van der Waals surface area (Å²) in [6.07, 6.45) is 5.08. The molecule has 7 heteroatoms. The Kier molecular flexibility index (Phi) is 5.83. The predicted molar refractivity (Wildman–Crippen MR) is 87.8 cm³/mol. The Morgan fingerprint density at radius 2 is 1.81 bits per heavy atom. The highest BCUT2D eigenvalue weighted by Gasteiger charge is 2.31. The standard InChI is InChI=1S/C14H18Cl3NO2S/c1-18(10-5-3-2-4-6-10)21(19,20)13-8-7-12(16)11(9-15)14(13)17/h7-8,10H,2-6,9H2,1H3. The van der Waals surface area contributed by atoms with Gasteiger partial charge >= 0.3 is 0 Å². The first kappa shape index (κ1) is 17.4. The maximum absolute atomic E-state index is 12.8. The third-order valence-electron chi connectivity index (χ3n) is 4.03. The lowest BCUT2D eigenvalue weighted by molar-refractivity contribution is 0.286. The predicted octanol–water partition coefficient (Wildman–Crippen LogP) is 4.69. The Morgan fingerprint density at radius 1 is 1.19 bits per heavy atom. The Hall–Kier alpha value is -0.000000000000000167. The second-order valence-electron chi connectivity index (χ2n) is 5.28. The quantitative estimate of drug-likeness (QED) is 0.721. The van der Waals surface area contributed by atoms with Crippen LogP contribution in [-0.4, -0.2) is 25.8 Å². The Bertz CT molecular complexity index is 613. The van der Waals surface area contributed by atoms with E-state index in [0.29, 0.717) is 10.6 Å². The summed E-state index contributed by atoms with van der Waals surface area (Å²) in [5.74, 6) is 0.0775. The molecule has 21 heavy (non-hydrogen) atoms. The van der Waals surface area contributed by atoms with E-state index in [1.807, 2.05) is 0 Å². The lowest BCUT2D eigenvalue weighted by atomic mass is 9.96. The van der Waals surface area contributed by atoms with Gasteiger partial charge in [-0.15, -0.1) is 11.6 Å². The minimum Gasteiger partial charge on any atom is -0.207 e. The van der Waals surface area contributed by atoms with Crippen LogP contribution >= 0.6 is 34.8 Å². The average molecular weight is 371 g/mol. The van der Waals surface area contributed by atoms with Crippen LogP contribution in [-0.2, 0) is 15.9 Å². The molecule has 0 spiro atoms. The summed E-state index contributed by atoms with van der Waals surface area (Å²) in [5.41, 5.74) is 0.457. The minimum atomic E-state index is -3.63. The van der Waals surface area contributed by atoms with Gasteiger partial charge in [-0.1, -0.05) is 42.5 Å². The van der Waals surface area contributed by atoms with E-state index in [-0.39, 0.29) is 21.8 Å². The normalized spacial score (nSPS) is 17.4. The van der Waals surface area contributed by atoms with E-state index in [0.717, 1.165) is 25.7 Å². The molecular formula is C14H18Cl3NO2S. The minimum absolute atomic E-state index is 0.0370. The second kappa shape index (κ2) is 7.05. The topological polar surface area (TPSA) is 37.4 Å². The highest BCUT2D eigenvalue weighted by atomic mass is 35.5. The lowest BCUT2D eigenvalue weighted by Gasteiger charge is -2.30. The second-order valence-corrected chi connectivity index (χ2v) is 8.30. The van der Waals surface area contributed by atoms with Crippen molar-refractivity contribution in [1.82, 2.24) is 4.31 Å². The molecule has 1 aliphatic rings. The van der Waals surface area contributed by atoms with Crippen LogP contribution in [0.5, 0.6) is 0 Å². The van der Waals surface area contributed by atoms with Gasteiger partial charge in [-0.2, -0.15) is 4.31 Å². The third-order valence-corrected chi connectivity index (χ3v) is 7.15. The van der Waals surface area contributed by atoms with E-state index in [1.54, 1.807) is 7.05 Å². The molecule has 0 aliphatic heterocycles. The largest absolute Gasteiger partial charge is 0.244 e. The molecule has 0 bridgehead atoms. The van der Waals surface area contributed by atoms with Gasteiger partial charge in [0.1, 0.15) is 4.90 Å². The molecule has 1 aromatic rings. The molecule has 0 radical (unpaired) electrons. The number of nitrogens with zero attached hydrogens (tertiary/aromatic N) is 1. The molecule has 1 aliphatic carbocycles. The fraction of sp³-hybridized carbons (Fsp3) is 0.571. The maximum Gasteiger partial charge on any atom is 0.244 e. The SMILES string of the molecule is CN(C1CCCCC1)S(=O)(=O)c1ccc(Cl)c(CCl)c1Cl. The molecule has 1 saturated carbocycles. The Balaban J connectivity index is 2.39. The number of halogens is 3. The van der Waals surface area contributed by atoms with Gasteiger partial charge in [-0.25, -0.2) is 8.42 Å². The van der Waals surface area contributed by atoms with Gasteiger partial charge in [0, 0.05) is 23.7 Å². The zero-order chi connectivity index (χ0) is 15.6. The van der Waals surface area contributed by atoms with Crippen LogP contribution in [0.4, 0.5) is 0 Å². The number of sulfonamides is 1. The first-order chi connectivity index (χ1) is 9.89. The Labute approximate surface area is 141 Å². The number of benzene rings is 1. The summed E-state index contributed by atoms with van der Waals surface area (Å²) in [6.45, 7) is 0. The zero-order valence-electron chi connectivity index (χ0n) is 11.8. The molecule has 118 valence electrons. The van der Waals surface area contributed by atoms with Crippen LogP contribution in [0.25, 0.3) is 0 Å². The van der Waals surface area contributed by atoms with Crippen molar-refractivity contribution < 1.29 is 8.42 Å². The van der Waals surface area contributed by atoms with Crippen molar-refractivity contribution in [2.45, 2.75) is 48.9 Å². The first-order valence-electron chi connectivity index (χ1n) is 6.90. The fourth-order valence-electron chi connectivity index (χ4n) is 2.69. The number of hydrogen-bond donors (Lipinski definition) is 0. The van der Waals surface area contributed by atoms with Gasteiger partial charge < -0.3 is 0 Å². The highest BCUT2D eigenvalue weighted by Crippen LogP contribution is 2.35. The zero-order valence-corrected chi connectivity index (χ0v) is 14.9. The van der Waals surface area contributed by atoms with Crippen molar-refractivity contribution in [3.05, 3.63) is 27.7 Å². The average Bonchev–Trinajstić information content (AvgIpc) is 2.47. The molecule has 0 heterocycles. The van der Waals surface area contributed by atoms with Crippen molar-refractivity contribution in [1.29, 1.82) is 0 Å². The summed E-state index contributed by atoms with van der Waals surface area (Å²) in [7, 11) is -2.01. The summed E-state index contributed by atoms with van der Waals surface area (Å²) < 4.78 is 27.0. The summed E-state index contributed by atoms with van der Waals surface area (Å²) in [6, 6.07) is 3.03. The van der Waals surface area contributed by atoms with Gasteiger partial charge in [-0.3, -0.25) is 0 Å². The summed E-state index contributed by atoms with van der Waals surface area (Å²) in [5, 5.41) is 0.509. The van der Waals surface area contributed by atoms with Crippen molar-refractivity contribution in [2.75, 3.05) is 7.05 Å². The van der Waals surface area contributed by atoms with Crippen LogP contribution in [0.2, 0.25) is 10.0 Å². The molecule has 0 amide bonds. The van der Waals surface area contributed by atoms with Crippen molar-refractivity contribution in [2.24, 2.45) is 0 Å². The van der Waals surface area contributed by atoms with E-state index in [2.05, 4.69) is 0 Å². The van der Waals surface area contributed by atoms with Crippen LogP contribution in [0.1, 0.15) is 37.7 Å². The van der Waals surface area contributed by atoms with Crippen LogP contribution in [0.3, 0.4) is 0 Å². The molecule has 1 aromatic carbocycles. The molecule has 0 aromatic heterocycles. The molecule has 0 atom stereocenters. The van der Waals surface area contributed by atoms with Crippen molar-refractivity contribution in [3.63, 3.8) is 0 Å². The van der Waals surface area contributed by atoms with Gasteiger partial charge in [0.05, 0.1) is 10.9 Å². The van der Waals surface area contributed by atoms with Gasteiger partial charge in [-0.05, 0) is 25.0 Å². The van der Waals surface area contributed by atoms with Gasteiger partial charge in [0.15, 0.2) is 0 Å². The van der Waals surface area contributed by atoms with Crippen LogP contribution in [0.15, 0.2) is 17.0 Å². The van der Waals surface area contributed by atoms with E-state index >= 15 is 0 Å². The molecule has 0 saturated heterocycles. The van der Waals surface area contributed by atoms with Crippen molar-refractivity contribution in [3.8, 4) is 0 Å². The van der Waals surface area contributed by atoms with E-state index in [4.69, 9.17) is 34.8 Å². The number of rotatable bonds is 4. The monoisotopic (exact) mass is 369 g/mol. The Morgan fingerprint density at radius 3 is 2.38 bits per heavy atom. The van der Waals surface area contributed by atoms with E-state index < -0.39 is 10.0 Å². The summed E-state index contributed by atoms with van der Waals surface area (Å²) >= 11 is 18.0. The highest BCUT2D eigenvalue weighted by molar-refractivity contribution is 7.89.